The van der Waals surface area contributed by atoms with Crippen LogP contribution < -0.4 is 16.4 Å². The smallest absolute Gasteiger partial charge is 0.251 e. The molecule has 0 spiro atoms. The number of amides is 2. The number of nitrogens with one attached hydrogen (secondary N) is 2. The third kappa shape index (κ3) is 5.59. The first kappa shape index (κ1) is 18.4. The van der Waals surface area contributed by atoms with Crippen LogP contribution in [-0.4, -0.2) is 24.9 Å². The molecule has 6 heteroatoms. The largest absolute Gasteiger partial charge is 0.352 e. The highest BCUT2D eigenvalue weighted by molar-refractivity contribution is 5.94. The standard InChI is InChI=1S/C14H21N3O2.ClH/c1-3-16-14(19)12-6-4-11(5-7-12)9-17-13(18)10(2)8-15;/h4-7,10H,3,8-9,15H2,1-2H3,(H,16,19)(H,17,18);1H. The first-order valence-corrected chi connectivity index (χ1v) is 6.43. The molecule has 0 aliphatic carbocycles. The second-order valence-corrected chi connectivity index (χ2v) is 4.41. The lowest BCUT2D eigenvalue weighted by molar-refractivity contribution is -0.124. The SMILES string of the molecule is CCNC(=O)c1ccc(CNC(=O)C(C)CN)cc1.Cl. The van der Waals surface area contributed by atoms with E-state index in [9.17, 15) is 9.59 Å². The molecule has 0 aliphatic rings. The van der Waals surface area contributed by atoms with Crippen molar-refractivity contribution in [1.29, 1.82) is 0 Å². The second-order valence-electron chi connectivity index (χ2n) is 4.41. The molecule has 0 fully saturated rings. The minimum Gasteiger partial charge on any atom is -0.352 e. The van der Waals surface area contributed by atoms with Gasteiger partial charge in [-0.25, -0.2) is 0 Å². The van der Waals surface area contributed by atoms with Crippen molar-refractivity contribution in [3.63, 3.8) is 0 Å². The summed E-state index contributed by atoms with van der Waals surface area (Å²) in [4.78, 5) is 23.1. The Labute approximate surface area is 125 Å². The predicted molar refractivity (Wildman–Crippen MR) is 81.8 cm³/mol. The quantitative estimate of drug-likeness (QED) is 0.734. The average Bonchev–Trinajstić information content (AvgIpc) is 2.44. The third-order valence-electron chi connectivity index (χ3n) is 2.82. The number of benzene rings is 1. The first-order chi connectivity index (χ1) is 9.08. The van der Waals surface area contributed by atoms with Crippen LogP contribution in [0.25, 0.3) is 0 Å². The van der Waals surface area contributed by atoms with Crippen LogP contribution in [0.4, 0.5) is 0 Å². The maximum atomic E-state index is 11.6. The van der Waals surface area contributed by atoms with Crippen LogP contribution in [0.1, 0.15) is 29.8 Å². The van der Waals surface area contributed by atoms with Gasteiger partial charge in [-0.05, 0) is 24.6 Å². The minimum atomic E-state index is -0.186. The van der Waals surface area contributed by atoms with Crippen LogP contribution in [0, 0.1) is 5.92 Å². The van der Waals surface area contributed by atoms with Crippen molar-refractivity contribution in [3.05, 3.63) is 35.4 Å². The van der Waals surface area contributed by atoms with E-state index < -0.39 is 0 Å². The monoisotopic (exact) mass is 299 g/mol. The Kier molecular flexibility index (Phi) is 8.59. The number of hydrogen-bond donors (Lipinski definition) is 3. The molecular weight excluding hydrogens is 278 g/mol. The highest BCUT2D eigenvalue weighted by atomic mass is 35.5. The van der Waals surface area contributed by atoms with Gasteiger partial charge in [-0.15, -0.1) is 12.4 Å². The Morgan fingerprint density at radius 1 is 1.20 bits per heavy atom. The molecule has 0 saturated carbocycles. The molecule has 1 aromatic rings. The van der Waals surface area contributed by atoms with Gasteiger partial charge in [0.25, 0.3) is 5.91 Å². The summed E-state index contributed by atoms with van der Waals surface area (Å²) < 4.78 is 0. The molecule has 1 atom stereocenters. The maximum Gasteiger partial charge on any atom is 0.251 e. The lowest BCUT2D eigenvalue weighted by Crippen LogP contribution is -2.32. The highest BCUT2D eigenvalue weighted by Crippen LogP contribution is 2.04. The summed E-state index contributed by atoms with van der Waals surface area (Å²) in [6.07, 6.45) is 0. The van der Waals surface area contributed by atoms with Gasteiger partial charge < -0.3 is 16.4 Å². The van der Waals surface area contributed by atoms with Gasteiger partial charge in [-0.3, -0.25) is 9.59 Å². The number of rotatable bonds is 6. The zero-order valence-corrected chi connectivity index (χ0v) is 12.6. The van der Waals surface area contributed by atoms with Crippen molar-refractivity contribution in [2.24, 2.45) is 11.7 Å². The molecule has 0 saturated heterocycles. The van der Waals surface area contributed by atoms with Crippen molar-refractivity contribution in [2.75, 3.05) is 13.1 Å². The molecule has 4 N–H and O–H groups in total. The van der Waals surface area contributed by atoms with E-state index in [-0.39, 0.29) is 30.1 Å². The number of carbonyl (C=O) groups excluding carboxylic acids is 2. The highest BCUT2D eigenvalue weighted by Gasteiger charge is 2.10. The van der Waals surface area contributed by atoms with Gasteiger partial charge in [0.05, 0.1) is 0 Å². The zero-order valence-electron chi connectivity index (χ0n) is 11.8. The van der Waals surface area contributed by atoms with Crippen LogP contribution in [0.2, 0.25) is 0 Å². The van der Waals surface area contributed by atoms with Crippen LogP contribution >= 0.6 is 12.4 Å². The van der Waals surface area contributed by atoms with E-state index in [4.69, 9.17) is 5.73 Å². The zero-order chi connectivity index (χ0) is 14.3. The van der Waals surface area contributed by atoms with Gasteiger partial charge in [0.1, 0.15) is 0 Å². The van der Waals surface area contributed by atoms with Gasteiger partial charge in [0, 0.05) is 31.1 Å². The normalized spacial score (nSPS) is 11.2. The van der Waals surface area contributed by atoms with Crippen molar-refractivity contribution in [1.82, 2.24) is 10.6 Å². The fourth-order valence-electron chi connectivity index (χ4n) is 1.51. The molecule has 0 heterocycles. The fraction of sp³-hybridized carbons (Fsp3) is 0.429. The molecule has 0 aromatic heterocycles. The second kappa shape index (κ2) is 9.34. The summed E-state index contributed by atoms with van der Waals surface area (Å²) in [6.45, 7) is 5.04. The van der Waals surface area contributed by atoms with Gasteiger partial charge in [-0.1, -0.05) is 19.1 Å². The van der Waals surface area contributed by atoms with Crippen molar-refractivity contribution < 1.29 is 9.59 Å². The molecule has 5 nitrogen and oxygen atoms in total. The molecule has 2 amide bonds. The fourth-order valence-corrected chi connectivity index (χ4v) is 1.51. The Morgan fingerprint density at radius 3 is 2.30 bits per heavy atom. The number of nitrogens with two attached hydrogens (primary N) is 1. The van der Waals surface area contributed by atoms with Crippen molar-refractivity contribution in [2.45, 2.75) is 20.4 Å². The molecule has 1 unspecified atom stereocenters. The molecule has 0 bridgehead atoms. The lowest BCUT2D eigenvalue weighted by Gasteiger charge is -2.10. The van der Waals surface area contributed by atoms with E-state index in [1.165, 1.54) is 0 Å². The molecule has 1 rings (SSSR count). The van der Waals surface area contributed by atoms with Crippen LogP contribution in [-0.2, 0) is 11.3 Å². The Balaban J connectivity index is 0.00000361. The maximum absolute atomic E-state index is 11.6. The minimum absolute atomic E-state index is 0. The number of hydrogen-bond acceptors (Lipinski definition) is 3. The van der Waals surface area contributed by atoms with E-state index >= 15 is 0 Å². The summed E-state index contributed by atoms with van der Waals surface area (Å²) in [5, 5.41) is 5.54. The number of carbonyl (C=O) groups is 2. The predicted octanol–water partition coefficient (Wildman–Crippen LogP) is 1.07. The van der Waals surface area contributed by atoms with E-state index in [1.807, 2.05) is 19.1 Å². The van der Waals surface area contributed by atoms with Gasteiger partial charge in [-0.2, -0.15) is 0 Å². The molecule has 20 heavy (non-hydrogen) atoms. The van der Waals surface area contributed by atoms with Gasteiger partial charge in [0.2, 0.25) is 5.91 Å². The summed E-state index contributed by atoms with van der Waals surface area (Å²) >= 11 is 0. The van der Waals surface area contributed by atoms with Crippen LogP contribution in [0.3, 0.4) is 0 Å². The molecule has 112 valence electrons. The van der Waals surface area contributed by atoms with Gasteiger partial charge >= 0.3 is 0 Å². The summed E-state index contributed by atoms with van der Waals surface area (Å²) in [7, 11) is 0. The molecule has 0 aliphatic heterocycles. The van der Waals surface area contributed by atoms with E-state index in [2.05, 4.69) is 10.6 Å². The van der Waals surface area contributed by atoms with Crippen molar-refractivity contribution >= 4 is 24.2 Å². The Bertz CT molecular complexity index is 435. The molecular formula is C14H22ClN3O2. The summed E-state index contributed by atoms with van der Waals surface area (Å²) in [5.74, 6) is -0.334. The van der Waals surface area contributed by atoms with Crippen molar-refractivity contribution in [3.8, 4) is 0 Å². The van der Waals surface area contributed by atoms with Crippen LogP contribution in [0.15, 0.2) is 24.3 Å². The molecule has 1 aromatic carbocycles. The van der Waals surface area contributed by atoms with E-state index in [0.29, 0.717) is 25.2 Å². The number of halogens is 1. The Morgan fingerprint density at radius 2 is 1.80 bits per heavy atom. The summed E-state index contributed by atoms with van der Waals surface area (Å²) in [5.41, 5.74) is 6.99. The topological polar surface area (TPSA) is 84.2 Å². The first-order valence-electron chi connectivity index (χ1n) is 6.43. The Hall–Kier alpha value is -1.59. The third-order valence-corrected chi connectivity index (χ3v) is 2.82. The molecule has 0 radical (unpaired) electrons. The van der Waals surface area contributed by atoms with E-state index in [1.54, 1.807) is 19.1 Å². The average molecular weight is 300 g/mol. The van der Waals surface area contributed by atoms with E-state index in [0.717, 1.165) is 5.56 Å². The summed E-state index contributed by atoms with van der Waals surface area (Å²) in [6, 6.07) is 7.16. The van der Waals surface area contributed by atoms with Gasteiger partial charge in [0.15, 0.2) is 0 Å². The lowest BCUT2D eigenvalue weighted by atomic mass is 10.1. The van der Waals surface area contributed by atoms with Crippen LogP contribution in [0.5, 0.6) is 0 Å².